The second-order valence-corrected chi connectivity index (χ2v) is 3.85. The summed E-state index contributed by atoms with van der Waals surface area (Å²) >= 11 is 0. The zero-order chi connectivity index (χ0) is 10.3. The van der Waals surface area contributed by atoms with E-state index in [4.69, 9.17) is 5.73 Å². The van der Waals surface area contributed by atoms with E-state index in [1.54, 1.807) is 0 Å². The van der Waals surface area contributed by atoms with Crippen LogP contribution in [-0.2, 0) is 0 Å². The van der Waals surface area contributed by atoms with E-state index in [1.165, 1.54) is 0 Å². The molecule has 0 fully saturated rings. The van der Waals surface area contributed by atoms with Crippen LogP contribution < -0.4 is 10.6 Å². The van der Waals surface area contributed by atoms with E-state index in [0.29, 0.717) is 12.1 Å². The molecule has 0 saturated heterocycles. The molecule has 0 atom stereocenters. The van der Waals surface area contributed by atoms with Gasteiger partial charge in [-0.25, -0.2) is 0 Å². The highest BCUT2D eigenvalue weighted by atomic mass is 16.1. The van der Waals surface area contributed by atoms with Gasteiger partial charge in [0, 0.05) is 25.6 Å². The minimum absolute atomic E-state index is 0.202. The van der Waals surface area contributed by atoms with Crippen LogP contribution in [0.15, 0.2) is 12.1 Å². The number of rotatable bonds is 0. The third-order valence-corrected chi connectivity index (χ3v) is 2.64. The number of hydrogen-bond acceptors (Lipinski definition) is 3. The molecule has 0 saturated carbocycles. The van der Waals surface area contributed by atoms with Gasteiger partial charge in [0.25, 0.3) is 0 Å². The van der Waals surface area contributed by atoms with E-state index in [9.17, 15) is 4.79 Å². The minimum atomic E-state index is 0.202. The van der Waals surface area contributed by atoms with Crippen molar-refractivity contribution in [3.05, 3.63) is 23.3 Å². The van der Waals surface area contributed by atoms with Gasteiger partial charge in [0.15, 0.2) is 5.78 Å². The molecular weight excluding hydrogens is 176 g/mol. The fraction of sp³-hybridized carbons (Fsp3) is 0.364. The first-order chi connectivity index (χ1) is 6.59. The van der Waals surface area contributed by atoms with Crippen LogP contribution in [0.4, 0.5) is 11.4 Å². The number of carbonyl (C=O) groups excluding carboxylic acids is 1. The number of fused-ring (bicyclic) bond motifs is 1. The molecule has 0 bridgehead atoms. The molecule has 14 heavy (non-hydrogen) atoms. The molecular formula is C11H14N2O. The lowest BCUT2D eigenvalue weighted by atomic mass is 9.97. The molecule has 74 valence electrons. The van der Waals surface area contributed by atoms with E-state index in [1.807, 2.05) is 31.0 Å². The smallest absolute Gasteiger partial charge is 0.166 e. The summed E-state index contributed by atoms with van der Waals surface area (Å²) in [6.45, 7) is 2.72. The molecule has 1 aromatic rings. The molecule has 2 rings (SSSR count). The van der Waals surface area contributed by atoms with Gasteiger partial charge < -0.3 is 10.6 Å². The van der Waals surface area contributed by atoms with Crippen LogP contribution in [0.25, 0.3) is 0 Å². The Balaban J connectivity index is 2.66. The number of ketones is 1. The molecule has 1 aliphatic heterocycles. The van der Waals surface area contributed by atoms with Gasteiger partial charge >= 0.3 is 0 Å². The van der Waals surface area contributed by atoms with Gasteiger partial charge in [0.05, 0.1) is 11.4 Å². The van der Waals surface area contributed by atoms with E-state index in [0.717, 1.165) is 23.4 Å². The van der Waals surface area contributed by atoms with Crippen molar-refractivity contribution in [2.45, 2.75) is 13.3 Å². The summed E-state index contributed by atoms with van der Waals surface area (Å²) in [5.41, 5.74) is 9.32. The molecule has 1 aliphatic rings. The number of carbonyl (C=O) groups is 1. The zero-order valence-corrected chi connectivity index (χ0v) is 8.50. The van der Waals surface area contributed by atoms with E-state index < -0.39 is 0 Å². The zero-order valence-electron chi connectivity index (χ0n) is 8.50. The molecule has 3 heteroatoms. The maximum absolute atomic E-state index is 11.7. The van der Waals surface area contributed by atoms with Crippen molar-refractivity contribution < 1.29 is 4.79 Å². The van der Waals surface area contributed by atoms with Gasteiger partial charge in [0.2, 0.25) is 0 Å². The lowest BCUT2D eigenvalue weighted by molar-refractivity contribution is 0.0980. The lowest BCUT2D eigenvalue weighted by Crippen LogP contribution is -2.29. The summed E-state index contributed by atoms with van der Waals surface area (Å²) in [5.74, 6) is 0.202. The summed E-state index contributed by atoms with van der Waals surface area (Å²) in [5, 5.41) is 0. The molecule has 0 unspecified atom stereocenters. The summed E-state index contributed by atoms with van der Waals surface area (Å²) < 4.78 is 0. The topological polar surface area (TPSA) is 46.3 Å². The molecule has 3 nitrogen and oxygen atoms in total. The standard InChI is InChI=1S/C11H14N2O/c1-7-5-8-10(14)3-4-13(2)11(8)9(12)6-7/h5-6H,3-4,12H2,1-2H3. The summed E-state index contributed by atoms with van der Waals surface area (Å²) in [7, 11) is 1.97. The fourth-order valence-electron chi connectivity index (χ4n) is 1.96. The second kappa shape index (κ2) is 3.01. The Labute approximate surface area is 83.5 Å². The van der Waals surface area contributed by atoms with Crippen molar-refractivity contribution in [1.82, 2.24) is 0 Å². The fourth-order valence-corrected chi connectivity index (χ4v) is 1.96. The number of nitrogens with zero attached hydrogens (tertiary/aromatic N) is 1. The molecule has 0 amide bonds. The van der Waals surface area contributed by atoms with Crippen LogP contribution in [-0.4, -0.2) is 19.4 Å². The van der Waals surface area contributed by atoms with Crippen molar-refractivity contribution in [1.29, 1.82) is 0 Å². The predicted molar refractivity (Wildman–Crippen MR) is 57.8 cm³/mol. The van der Waals surface area contributed by atoms with Crippen LogP contribution in [0.5, 0.6) is 0 Å². The van der Waals surface area contributed by atoms with E-state index in [-0.39, 0.29) is 5.78 Å². The van der Waals surface area contributed by atoms with Crippen LogP contribution in [0.1, 0.15) is 22.3 Å². The first-order valence-corrected chi connectivity index (χ1v) is 4.74. The van der Waals surface area contributed by atoms with Gasteiger partial charge in [-0.2, -0.15) is 0 Å². The Hall–Kier alpha value is -1.51. The lowest BCUT2D eigenvalue weighted by Gasteiger charge is -2.28. The van der Waals surface area contributed by atoms with Crippen molar-refractivity contribution in [3.8, 4) is 0 Å². The average Bonchev–Trinajstić information content (AvgIpc) is 2.10. The number of nitrogen functional groups attached to an aromatic ring is 1. The summed E-state index contributed by atoms with van der Waals surface area (Å²) in [6.07, 6.45) is 0.590. The first-order valence-electron chi connectivity index (χ1n) is 4.74. The average molecular weight is 190 g/mol. The molecule has 1 heterocycles. The van der Waals surface area contributed by atoms with Crippen LogP contribution in [0.3, 0.4) is 0 Å². The maximum atomic E-state index is 11.7. The van der Waals surface area contributed by atoms with Gasteiger partial charge in [0.1, 0.15) is 0 Å². The number of hydrogen-bond donors (Lipinski definition) is 1. The van der Waals surface area contributed by atoms with Gasteiger partial charge in [-0.15, -0.1) is 0 Å². The largest absolute Gasteiger partial charge is 0.397 e. The predicted octanol–water partition coefficient (Wildman–Crippen LogP) is 1.60. The van der Waals surface area contributed by atoms with E-state index >= 15 is 0 Å². The number of benzene rings is 1. The molecule has 1 aromatic carbocycles. The van der Waals surface area contributed by atoms with Crippen LogP contribution in [0, 0.1) is 6.92 Å². The van der Waals surface area contributed by atoms with Crippen molar-refractivity contribution in [2.24, 2.45) is 0 Å². The van der Waals surface area contributed by atoms with Crippen molar-refractivity contribution in [2.75, 3.05) is 24.2 Å². The number of nitrogens with two attached hydrogens (primary N) is 1. The quantitative estimate of drug-likeness (QED) is 0.632. The third-order valence-electron chi connectivity index (χ3n) is 2.64. The number of aryl methyl sites for hydroxylation is 1. The number of anilines is 2. The first kappa shape index (κ1) is 9.06. The normalized spacial score (nSPS) is 15.6. The monoisotopic (exact) mass is 190 g/mol. The van der Waals surface area contributed by atoms with Crippen molar-refractivity contribution in [3.63, 3.8) is 0 Å². The van der Waals surface area contributed by atoms with Crippen LogP contribution in [0.2, 0.25) is 0 Å². The summed E-state index contributed by atoms with van der Waals surface area (Å²) in [6, 6.07) is 3.83. The Bertz CT molecular complexity index is 399. The molecule has 0 spiro atoms. The second-order valence-electron chi connectivity index (χ2n) is 3.85. The molecule has 0 aliphatic carbocycles. The third kappa shape index (κ3) is 1.25. The molecule has 2 N–H and O–H groups in total. The Morgan fingerprint density at radius 1 is 1.43 bits per heavy atom. The van der Waals surface area contributed by atoms with Crippen LogP contribution >= 0.6 is 0 Å². The Morgan fingerprint density at radius 3 is 2.86 bits per heavy atom. The van der Waals surface area contributed by atoms with E-state index in [2.05, 4.69) is 0 Å². The molecule has 0 radical (unpaired) electrons. The Kier molecular flexibility index (Phi) is 1.95. The van der Waals surface area contributed by atoms with Gasteiger partial charge in [-0.3, -0.25) is 4.79 Å². The highest BCUT2D eigenvalue weighted by Crippen LogP contribution is 2.32. The highest BCUT2D eigenvalue weighted by Gasteiger charge is 2.22. The van der Waals surface area contributed by atoms with Gasteiger partial charge in [-0.1, -0.05) is 0 Å². The summed E-state index contributed by atoms with van der Waals surface area (Å²) in [4.78, 5) is 13.7. The van der Waals surface area contributed by atoms with Gasteiger partial charge in [-0.05, 0) is 24.6 Å². The Morgan fingerprint density at radius 2 is 2.14 bits per heavy atom. The minimum Gasteiger partial charge on any atom is -0.397 e. The highest BCUT2D eigenvalue weighted by molar-refractivity contribution is 6.06. The SMILES string of the molecule is Cc1cc(N)c2c(c1)C(=O)CCN2C. The van der Waals surface area contributed by atoms with Crippen molar-refractivity contribution >= 4 is 17.2 Å². The number of Topliss-reactive ketones (excluding diaryl/α,β-unsaturated/α-hetero) is 1. The molecule has 0 aromatic heterocycles. The maximum Gasteiger partial charge on any atom is 0.166 e.